The predicted octanol–water partition coefficient (Wildman–Crippen LogP) is 0.848. The Hall–Kier alpha value is -4.95. The van der Waals surface area contributed by atoms with Crippen LogP contribution >= 0.6 is 0 Å². The van der Waals surface area contributed by atoms with Crippen molar-refractivity contribution in [3.63, 3.8) is 0 Å². The molecule has 2 aromatic heterocycles. The molecular weight excluding hydrogens is 468 g/mol. The number of hydrogen-bond donors (Lipinski definition) is 7. The Balaban J connectivity index is 0.000000826. The summed E-state index contributed by atoms with van der Waals surface area (Å²) in [5.41, 5.74) is 12.2. The standard InChI is InChI=1S/C18H20N8O3.C2H6.CH4N4/c19-13(27)2-1-7-21-16(28)10-3-5-11(6-4-10)22-8-12-9-23-15-14(24-12)17(29)26-18(20)25-15;1-2;2-1-4-5-3/h3-6,9,22H,1-2,7-8H2,(H2,19,27)(H,21,28)(H3,20,23,25,26,29);1-2H3;1H,(H3,2,3,4). The Morgan fingerprint density at radius 3 is 2.47 bits per heavy atom. The number of carbonyl (C=O) groups is 2. The van der Waals surface area contributed by atoms with Crippen molar-refractivity contribution < 1.29 is 9.59 Å². The zero-order valence-corrected chi connectivity index (χ0v) is 20.0. The van der Waals surface area contributed by atoms with Gasteiger partial charge in [-0.15, -0.1) is 5.11 Å². The second kappa shape index (κ2) is 15.8. The number of H-pyrrole nitrogens is 1. The van der Waals surface area contributed by atoms with Crippen LogP contribution in [0.25, 0.3) is 11.2 Å². The molecule has 0 aliphatic carbocycles. The van der Waals surface area contributed by atoms with Gasteiger partial charge in [0.25, 0.3) is 11.5 Å². The summed E-state index contributed by atoms with van der Waals surface area (Å²) in [6.45, 7) is 4.70. The topological polar surface area (TPSA) is 256 Å². The van der Waals surface area contributed by atoms with Gasteiger partial charge in [0.15, 0.2) is 11.2 Å². The quantitative estimate of drug-likeness (QED) is 0.0550. The molecule has 2 heterocycles. The molecule has 0 spiro atoms. The lowest BCUT2D eigenvalue weighted by molar-refractivity contribution is -0.118. The summed E-state index contributed by atoms with van der Waals surface area (Å²) in [6, 6.07) is 6.86. The van der Waals surface area contributed by atoms with Gasteiger partial charge < -0.3 is 27.9 Å². The number of nitrogens with two attached hydrogens (primary N) is 3. The Morgan fingerprint density at radius 2 is 1.89 bits per heavy atom. The number of primary amides is 1. The molecule has 3 aromatic rings. The zero-order valence-electron chi connectivity index (χ0n) is 20.0. The van der Waals surface area contributed by atoms with E-state index in [0.29, 0.717) is 30.8 Å². The van der Waals surface area contributed by atoms with Crippen LogP contribution in [0.4, 0.5) is 11.6 Å². The number of hydrogen-bond acceptors (Lipinski definition) is 10. The molecule has 0 unspecified atom stereocenters. The Kier molecular flexibility index (Phi) is 12.8. The van der Waals surface area contributed by atoms with E-state index >= 15 is 0 Å². The summed E-state index contributed by atoms with van der Waals surface area (Å²) in [6.07, 6.45) is 3.00. The van der Waals surface area contributed by atoms with E-state index in [2.05, 4.69) is 46.7 Å². The van der Waals surface area contributed by atoms with Crippen molar-refractivity contribution in [2.75, 3.05) is 17.6 Å². The number of nitrogens with one attached hydrogen (secondary N) is 4. The molecule has 192 valence electrons. The number of aromatic amines is 1. The Bertz CT molecular complexity index is 1230. The van der Waals surface area contributed by atoms with Crippen LogP contribution in [0.1, 0.15) is 42.7 Å². The summed E-state index contributed by atoms with van der Waals surface area (Å²) in [4.78, 5) is 49.3. The lowest BCUT2D eigenvalue weighted by Crippen LogP contribution is -2.25. The van der Waals surface area contributed by atoms with Crippen LogP contribution in [0.2, 0.25) is 0 Å². The van der Waals surface area contributed by atoms with E-state index in [0.717, 1.165) is 12.0 Å². The molecule has 0 bridgehead atoms. The third-order valence-corrected chi connectivity index (χ3v) is 4.12. The minimum atomic E-state index is -0.451. The predicted molar refractivity (Wildman–Crippen MR) is 136 cm³/mol. The SMILES string of the molecule is CC.N=CN=NN.NC(=O)CCCNC(=O)c1ccc(NCc2cnc3nc(N)[nH]c(=O)c3n2)cc1. The number of carbonyl (C=O) groups excluding carboxylic acids is 2. The highest BCUT2D eigenvalue weighted by Crippen LogP contribution is 2.11. The number of benzene rings is 1. The average molecular weight is 499 g/mol. The summed E-state index contributed by atoms with van der Waals surface area (Å²) in [5.74, 6) is 3.81. The van der Waals surface area contributed by atoms with E-state index in [4.69, 9.17) is 16.9 Å². The van der Waals surface area contributed by atoms with Crippen molar-refractivity contribution in [2.45, 2.75) is 33.2 Å². The number of anilines is 2. The van der Waals surface area contributed by atoms with Gasteiger partial charge in [-0.05, 0) is 30.7 Å². The van der Waals surface area contributed by atoms with E-state index in [1.54, 1.807) is 24.3 Å². The molecule has 0 aliphatic rings. The van der Waals surface area contributed by atoms with Gasteiger partial charge in [-0.3, -0.25) is 24.8 Å². The zero-order chi connectivity index (χ0) is 26.9. The maximum atomic E-state index is 12.0. The number of aromatic nitrogens is 4. The molecule has 36 heavy (non-hydrogen) atoms. The fourth-order valence-electron chi connectivity index (χ4n) is 2.59. The van der Waals surface area contributed by atoms with Crippen molar-refractivity contribution in [3.05, 3.63) is 52.1 Å². The third-order valence-electron chi connectivity index (χ3n) is 4.12. The molecule has 3 rings (SSSR count). The van der Waals surface area contributed by atoms with Gasteiger partial charge >= 0.3 is 0 Å². The van der Waals surface area contributed by atoms with Crippen molar-refractivity contribution >= 4 is 41.0 Å². The lowest BCUT2D eigenvalue weighted by atomic mass is 10.2. The van der Waals surface area contributed by atoms with Gasteiger partial charge in [0.05, 0.1) is 18.4 Å². The van der Waals surface area contributed by atoms with E-state index in [9.17, 15) is 14.4 Å². The largest absolute Gasteiger partial charge is 0.379 e. The van der Waals surface area contributed by atoms with E-state index < -0.39 is 11.5 Å². The van der Waals surface area contributed by atoms with Crippen molar-refractivity contribution in [1.82, 2.24) is 25.3 Å². The number of rotatable bonds is 9. The molecule has 10 N–H and O–H groups in total. The molecule has 2 amide bonds. The van der Waals surface area contributed by atoms with E-state index in [1.165, 1.54) is 6.20 Å². The second-order valence-corrected chi connectivity index (χ2v) is 6.60. The summed E-state index contributed by atoms with van der Waals surface area (Å²) >= 11 is 0. The van der Waals surface area contributed by atoms with Crippen molar-refractivity contribution in [1.29, 1.82) is 5.41 Å². The first kappa shape index (κ1) is 29.1. The van der Waals surface area contributed by atoms with E-state index in [-0.39, 0.29) is 29.4 Å². The Labute approximate surface area is 206 Å². The first-order valence-corrected chi connectivity index (χ1v) is 10.8. The van der Waals surface area contributed by atoms with Crippen LogP contribution in [0.5, 0.6) is 0 Å². The number of nitrogens with zero attached hydrogens (tertiary/aromatic N) is 5. The third kappa shape index (κ3) is 9.90. The highest BCUT2D eigenvalue weighted by Gasteiger charge is 2.08. The van der Waals surface area contributed by atoms with Gasteiger partial charge in [-0.2, -0.15) is 4.98 Å². The van der Waals surface area contributed by atoms with Crippen LogP contribution in [0.15, 0.2) is 45.6 Å². The van der Waals surface area contributed by atoms with Crippen LogP contribution < -0.4 is 33.5 Å². The van der Waals surface area contributed by atoms with Gasteiger partial charge in [0.1, 0.15) is 6.34 Å². The first-order valence-electron chi connectivity index (χ1n) is 10.8. The monoisotopic (exact) mass is 498 g/mol. The van der Waals surface area contributed by atoms with Crippen molar-refractivity contribution in [3.8, 4) is 0 Å². The molecule has 0 fully saturated rings. The van der Waals surface area contributed by atoms with Gasteiger partial charge in [-0.25, -0.2) is 9.97 Å². The molecular formula is C21H30N12O3. The van der Waals surface area contributed by atoms with E-state index in [1.807, 2.05) is 13.8 Å². The van der Waals surface area contributed by atoms with Gasteiger partial charge in [0.2, 0.25) is 11.9 Å². The smallest absolute Gasteiger partial charge is 0.280 e. The molecule has 0 radical (unpaired) electrons. The molecule has 15 nitrogen and oxygen atoms in total. The molecule has 0 atom stereocenters. The van der Waals surface area contributed by atoms with Gasteiger partial charge in [0, 0.05) is 24.2 Å². The summed E-state index contributed by atoms with van der Waals surface area (Å²) < 4.78 is 0. The lowest BCUT2D eigenvalue weighted by Gasteiger charge is -2.08. The minimum Gasteiger partial charge on any atom is -0.379 e. The normalized spacial score (nSPS) is 9.94. The highest BCUT2D eigenvalue weighted by molar-refractivity contribution is 5.94. The fraction of sp³-hybridized carbons (Fsp3) is 0.286. The second-order valence-electron chi connectivity index (χ2n) is 6.60. The van der Waals surface area contributed by atoms with Crippen LogP contribution in [0, 0.1) is 5.41 Å². The average Bonchev–Trinajstić information content (AvgIpc) is 2.87. The highest BCUT2D eigenvalue weighted by atomic mass is 16.2. The summed E-state index contributed by atoms with van der Waals surface area (Å²) in [7, 11) is 0. The van der Waals surface area contributed by atoms with Crippen LogP contribution in [-0.4, -0.2) is 44.6 Å². The number of amides is 2. The van der Waals surface area contributed by atoms with Gasteiger partial charge in [-0.1, -0.05) is 19.1 Å². The van der Waals surface area contributed by atoms with Crippen LogP contribution in [0.3, 0.4) is 0 Å². The fourth-order valence-corrected chi connectivity index (χ4v) is 2.59. The maximum Gasteiger partial charge on any atom is 0.280 e. The number of fused-ring (bicyclic) bond motifs is 1. The van der Waals surface area contributed by atoms with Crippen molar-refractivity contribution in [2.24, 2.45) is 21.9 Å². The molecule has 0 aliphatic heterocycles. The molecule has 1 aromatic carbocycles. The molecule has 0 saturated carbocycles. The molecule has 0 saturated heterocycles. The maximum absolute atomic E-state index is 12.0. The minimum absolute atomic E-state index is 0.0142. The first-order chi connectivity index (χ1) is 17.3. The van der Waals surface area contributed by atoms with Crippen LogP contribution in [-0.2, 0) is 11.3 Å². The number of nitrogen functional groups attached to an aromatic ring is 1. The summed E-state index contributed by atoms with van der Waals surface area (Å²) in [5, 5.41) is 17.7. The molecule has 15 heteroatoms. The Morgan fingerprint density at radius 1 is 1.19 bits per heavy atom.